The Morgan fingerprint density at radius 2 is 2.19 bits per heavy atom. The lowest BCUT2D eigenvalue weighted by Gasteiger charge is -2.33. The third kappa shape index (κ3) is 2.93. The van der Waals surface area contributed by atoms with Gasteiger partial charge >= 0.3 is 0 Å². The fourth-order valence-electron chi connectivity index (χ4n) is 2.30. The van der Waals surface area contributed by atoms with Gasteiger partial charge in [0.05, 0.1) is 23.6 Å². The van der Waals surface area contributed by atoms with Gasteiger partial charge in [-0.3, -0.25) is 9.79 Å². The first-order chi connectivity index (χ1) is 9.76. The molecule has 0 spiro atoms. The molecule has 21 heavy (non-hydrogen) atoms. The molecule has 0 radical (unpaired) electrons. The Bertz CT molecular complexity index is 593. The van der Waals surface area contributed by atoms with Gasteiger partial charge in [-0.05, 0) is 31.5 Å². The first-order valence-corrected chi connectivity index (χ1v) is 7.16. The number of hydrogen-bond acceptors (Lipinski definition) is 4. The number of amides is 1. The zero-order valence-corrected chi connectivity index (χ0v) is 13.3. The first kappa shape index (κ1) is 15.5. The van der Waals surface area contributed by atoms with Gasteiger partial charge < -0.3 is 14.9 Å². The molecule has 1 N–H and O–H groups in total. The Kier molecular flexibility index (Phi) is 4.05. The Morgan fingerprint density at radius 1 is 1.52 bits per heavy atom. The third-order valence-electron chi connectivity index (χ3n) is 4.18. The molecule has 1 aliphatic rings. The van der Waals surface area contributed by atoms with E-state index in [1.165, 1.54) is 6.92 Å². The molecule has 0 saturated heterocycles. The molecule has 1 atom stereocenters. The van der Waals surface area contributed by atoms with Gasteiger partial charge in [-0.25, -0.2) is 0 Å². The molecule has 5 nitrogen and oxygen atoms in total. The summed E-state index contributed by atoms with van der Waals surface area (Å²) in [4.78, 5) is 19.8. The molecular weight excluding hydrogens is 266 g/mol. The minimum Gasteiger partial charge on any atom is -0.384 e. The van der Waals surface area contributed by atoms with Crippen molar-refractivity contribution >= 4 is 28.7 Å². The summed E-state index contributed by atoms with van der Waals surface area (Å²) >= 11 is 0. The number of aliphatic imine (C=N–C) groups is 1. The zero-order chi connectivity index (χ0) is 15.8. The van der Waals surface area contributed by atoms with Crippen LogP contribution in [0.4, 0.5) is 17.1 Å². The van der Waals surface area contributed by atoms with Crippen LogP contribution in [0.3, 0.4) is 0 Å². The van der Waals surface area contributed by atoms with E-state index < -0.39 is 5.60 Å². The second-order valence-corrected chi connectivity index (χ2v) is 5.79. The molecule has 2 rings (SSSR count). The van der Waals surface area contributed by atoms with Crippen molar-refractivity contribution < 1.29 is 9.90 Å². The van der Waals surface area contributed by atoms with Crippen LogP contribution in [0.1, 0.15) is 27.2 Å². The number of anilines is 2. The van der Waals surface area contributed by atoms with Crippen LogP contribution in [0.25, 0.3) is 0 Å². The van der Waals surface area contributed by atoms with Gasteiger partial charge in [-0.2, -0.15) is 0 Å². The summed E-state index contributed by atoms with van der Waals surface area (Å²) < 4.78 is 0. The maximum Gasteiger partial charge on any atom is 0.223 e. The number of carbonyl (C=O) groups excluding carboxylic acids is 1. The van der Waals surface area contributed by atoms with Gasteiger partial charge in [-0.1, -0.05) is 6.92 Å². The summed E-state index contributed by atoms with van der Waals surface area (Å²) in [5.41, 5.74) is 2.44. The van der Waals surface area contributed by atoms with Crippen LogP contribution in [0.2, 0.25) is 0 Å². The van der Waals surface area contributed by atoms with Crippen LogP contribution in [-0.2, 0) is 4.79 Å². The van der Waals surface area contributed by atoms with Crippen LogP contribution in [0, 0.1) is 0 Å². The Balaban J connectivity index is 2.47. The van der Waals surface area contributed by atoms with Gasteiger partial charge in [-0.15, -0.1) is 0 Å². The van der Waals surface area contributed by atoms with E-state index in [2.05, 4.69) is 9.89 Å². The van der Waals surface area contributed by atoms with Crippen LogP contribution >= 0.6 is 0 Å². The summed E-state index contributed by atoms with van der Waals surface area (Å²) in [6, 6.07) is 5.76. The summed E-state index contributed by atoms with van der Waals surface area (Å²) in [7, 11) is 3.72. The maximum atomic E-state index is 11.5. The van der Waals surface area contributed by atoms with E-state index in [0.717, 1.165) is 22.8 Å². The molecule has 0 bridgehead atoms. The molecule has 0 aliphatic carbocycles. The lowest BCUT2D eigenvalue weighted by Crippen LogP contribution is -2.43. The van der Waals surface area contributed by atoms with Crippen molar-refractivity contribution in [1.82, 2.24) is 0 Å². The minimum absolute atomic E-state index is 0.0242. The van der Waals surface area contributed by atoms with E-state index in [1.54, 1.807) is 18.9 Å². The minimum atomic E-state index is -0.908. The number of benzene rings is 1. The van der Waals surface area contributed by atoms with Crippen molar-refractivity contribution in [2.75, 3.05) is 30.4 Å². The monoisotopic (exact) mass is 289 g/mol. The highest BCUT2D eigenvalue weighted by Crippen LogP contribution is 2.36. The van der Waals surface area contributed by atoms with E-state index in [0.29, 0.717) is 13.0 Å². The number of carbonyl (C=O) groups is 1. The molecule has 1 amide bonds. The number of hydrogen-bond donors (Lipinski definition) is 1. The molecule has 5 heteroatoms. The van der Waals surface area contributed by atoms with Crippen LogP contribution in [0.15, 0.2) is 23.2 Å². The average molecular weight is 289 g/mol. The molecule has 1 unspecified atom stereocenters. The van der Waals surface area contributed by atoms with Gasteiger partial charge in [0.1, 0.15) is 5.60 Å². The summed E-state index contributed by atoms with van der Waals surface area (Å²) in [5.74, 6) is -0.0242. The molecule has 0 fully saturated rings. The first-order valence-electron chi connectivity index (χ1n) is 7.16. The van der Waals surface area contributed by atoms with Crippen molar-refractivity contribution in [1.29, 1.82) is 0 Å². The molecule has 1 heterocycles. The Labute approximate surface area is 125 Å². The molecule has 0 saturated carbocycles. The van der Waals surface area contributed by atoms with Crippen molar-refractivity contribution in [2.45, 2.75) is 32.8 Å². The fraction of sp³-hybridized carbons (Fsp3) is 0.500. The Hall–Kier alpha value is -1.88. The average Bonchev–Trinajstić information content (AvgIpc) is 2.45. The normalized spacial score (nSPS) is 16.9. The number of fused-ring (bicyclic) bond motifs is 1. The van der Waals surface area contributed by atoms with Gasteiger partial charge in [0.15, 0.2) is 0 Å². The van der Waals surface area contributed by atoms with Crippen LogP contribution in [0.5, 0.6) is 0 Å². The van der Waals surface area contributed by atoms with Gasteiger partial charge in [0.2, 0.25) is 5.91 Å². The highest BCUT2D eigenvalue weighted by Gasteiger charge is 2.30. The lowest BCUT2D eigenvalue weighted by molar-refractivity contribution is -0.116. The fourth-order valence-corrected chi connectivity index (χ4v) is 2.30. The summed E-state index contributed by atoms with van der Waals surface area (Å²) in [6.45, 7) is 5.87. The van der Waals surface area contributed by atoms with Crippen LogP contribution in [-0.4, -0.2) is 43.0 Å². The molecule has 1 aromatic rings. The SMILES string of the molecule is CCC(C)(O)C1=Nc2cc(N(C)C(C)=O)ccc2N(C)C1. The molecule has 1 aliphatic heterocycles. The highest BCUT2D eigenvalue weighted by atomic mass is 16.3. The van der Waals surface area contributed by atoms with Crippen molar-refractivity contribution in [3.05, 3.63) is 18.2 Å². The highest BCUT2D eigenvalue weighted by molar-refractivity contribution is 6.02. The summed E-state index contributed by atoms with van der Waals surface area (Å²) in [6.07, 6.45) is 0.613. The van der Waals surface area contributed by atoms with E-state index in [-0.39, 0.29) is 5.91 Å². The van der Waals surface area contributed by atoms with Gasteiger partial charge in [0, 0.05) is 26.7 Å². The predicted molar refractivity (Wildman–Crippen MR) is 86.8 cm³/mol. The van der Waals surface area contributed by atoms with E-state index >= 15 is 0 Å². The molecule has 114 valence electrons. The topological polar surface area (TPSA) is 56.1 Å². The van der Waals surface area contributed by atoms with Crippen molar-refractivity contribution in [3.63, 3.8) is 0 Å². The van der Waals surface area contributed by atoms with Crippen LogP contribution < -0.4 is 9.80 Å². The number of nitrogens with zero attached hydrogens (tertiary/aromatic N) is 3. The summed E-state index contributed by atoms with van der Waals surface area (Å²) in [5, 5.41) is 10.4. The quantitative estimate of drug-likeness (QED) is 0.929. The second-order valence-electron chi connectivity index (χ2n) is 5.79. The van der Waals surface area contributed by atoms with Crippen molar-refractivity contribution in [3.8, 4) is 0 Å². The predicted octanol–water partition coefficient (Wildman–Crippen LogP) is 2.35. The standard InChI is InChI=1S/C16H23N3O2/c1-6-16(3,21)15-10-18(4)14-8-7-12(9-13(14)17-15)19(5)11(2)20/h7-9,21H,6,10H2,1-5H3. The maximum absolute atomic E-state index is 11.5. The molecule has 0 aromatic heterocycles. The number of aliphatic hydroxyl groups is 1. The smallest absolute Gasteiger partial charge is 0.223 e. The van der Waals surface area contributed by atoms with E-state index in [4.69, 9.17) is 0 Å². The lowest BCUT2D eigenvalue weighted by atomic mass is 9.95. The molecular formula is C16H23N3O2. The number of rotatable bonds is 3. The molecule has 1 aromatic carbocycles. The van der Waals surface area contributed by atoms with E-state index in [9.17, 15) is 9.90 Å². The Morgan fingerprint density at radius 3 is 2.76 bits per heavy atom. The zero-order valence-electron chi connectivity index (χ0n) is 13.3. The third-order valence-corrected chi connectivity index (χ3v) is 4.18. The van der Waals surface area contributed by atoms with Crippen molar-refractivity contribution in [2.24, 2.45) is 4.99 Å². The largest absolute Gasteiger partial charge is 0.384 e. The second kappa shape index (κ2) is 5.48. The van der Waals surface area contributed by atoms with Gasteiger partial charge in [0.25, 0.3) is 0 Å². The van der Waals surface area contributed by atoms with E-state index in [1.807, 2.05) is 32.2 Å².